The van der Waals surface area contributed by atoms with E-state index in [0.29, 0.717) is 35.3 Å². The molecule has 1 amide bonds. The van der Waals surface area contributed by atoms with Crippen LogP contribution in [0.25, 0.3) is 11.6 Å². The molecular formula is C24H27N5O4. The molecule has 0 N–H and O–H groups in total. The number of aromatic nitrogens is 3. The molecule has 3 aromatic rings. The van der Waals surface area contributed by atoms with Crippen molar-refractivity contribution < 1.29 is 18.8 Å². The number of carbonyl (C=O) groups is 1. The highest BCUT2D eigenvalue weighted by Gasteiger charge is 2.53. The molecule has 0 radical (unpaired) electrons. The van der Waals surface area contributed by atoms with Gasteiger partial charge in [-0.1, -0.05) is 11.2 Å². The number of hydrogen-bond donors (Lipinski definition) is 0. The van der Waals surface area contributed by atoms with Gasteiger partial charge in [-0.3, -0.25) is 14.7 Å². The third-order valence-corrected chi connectivity index (χ3v) is 6.54. The first-order valence-corrected chi connectivity index (χ1v) is 10.9. The second-order valence-electron chi connectivity index (χ2n) is 8.96. The summed E-state index contributed by atoms with van der Waals surface area (Å²) in [6.45, 7) is 2.36. The van der Waals surface area contributed by atoms with Crippen molar-refractivity contribution in [2.24, 2.45) is 5.41 Å². The van der Waals surface area contributed by atoms with Crippen molar-refractivity contribution in [2.45, 2.75) is 18.9 Å². The lowest BCUT2D eigenvalue weighted by Crippen LogP contribution is -2.59. The predicted molar refractivity (Wildman–Crippen MR) is 120 cm³/mol. The lowest BCUT2D eigenvalue weighted by Gasteiger charge is -2.48. The number of methoxy groups -OCH3 is 2. The number of pyridine rings is 1. The van der Waals surface area contributed by atoms with Crippen molar-refractivity contribution in [3.63, 3.8) is 0 Å². The zero-order valence-corrected chi connectivity index (χ0v) is 19.0. The smallest absolute Gasteiger partial charge is 0.276 e. The van der Waals surface area contributed by atoms with Gasteiger partial charge in [-0.15, -0.1) is 0 Å². The summed E-state index contributed by atoms with van der Waals surface area (Å²) in [5.74, 6) is 2.58. The predicted octanol–water partition coefficient (Wildman–Crippen LogP) is 2.60. The molecule has 2 fully saturated rings. The van der Waals surface area contributed by atoms with Crippen LogP contribution < -0.4 is 9.47 Å². The Kier molecular flexibility index (Phi) is 5.49. The van der Waals surface area contributed by atoms with Crippen molar-refractivity contribution in [1.82, 2.24) is 24.9 Å². The Morgan fingerprint density at radius 3 is 2.58 bits per heavy atom. The first kappa shape index (κ1) is 21.4. The highest BCUT2D eigenvalue weighted by atomic mass is 16.5. The molecule has 1 spiro atoms. The fraction of sp³-hybridized carbons (Fsp3) is 0.417. The Morgan fingerprint density at radius 2 is 1.91 bits per heavy atom. The third kappa shape index (κ3) is 4.16. The summed E-state index contributed by atoms with van der Waals surface area (Å²) in [4.78, 5) is 26.0. The van der Waals surface area contributed by atoms with Gasteiger partial charge in [0, 0.05) is 37.3 Å². The van der Waals surface area contributed by atoms with Crippen LogP contribution >= 0.6 is 0 Å². The molecule has 1 atom stereocenters. The number of benzene rings is 1. The summed E-state index contributed by atoms with van der Waals surface area (Å²) in [6, 6.07) is 11.2. The van der Waals surface area contributed by atoms with Gasteiger partial charge in [0.25, 0.3) is 5.89 Å². The molecule has 2 saturated heterocycles. The fourth-order valence-corrected chi connectivity index (χ4v) is 4.95. The van der Waals surface area contributed by atoms with E-state index in [1.165, 1.54) is 0 Å². The molecule has 9 nitrogen and oxygen atoms in total. The summed E-state index contributed by atoms with van der Waals surface area (Å²) in [5.41, 5.74) is 1.61. The summed E-state index contributed by atoms with van der Waals surface area (Å²) < 4.78 is 16.1. The number of nitrogens with zero attached hydrogens (tertiary/aromatic N) is 5. The largest absolute Gasteiger partial charge is 0.497 e. The minimum atomic E-state index is 0.0612. The van der Waals surface area contributed by atoms with Gasteiger partial charge < -0.3 is 18.9 Å². The van der Waals surface area contributed by atoms with E-state index in [4.69, 9.17) is 14.0 Å². The van der Waals surface area contributed by atoms with Crippen LogP contribution in [-0.2, 0) is 11.2 Å². The second kappa shape index (κ2) is 8.47. The van der Waals surface area contributed by atoms with Crippen LogP contribution in [0.15, 0.2) is 47.1 Å². The second-order valence-corrected chi connectivity index (χ2v) is 8.96. The van der Waals surface area contributed by atoms with Crippen LogP contribution in [0.2, 0.25) is 0 Å². The molecule has 1 aromatic carbocycles. The molecule has 172 valence electrons. The molecule has 4 heterocycles. The molecule has 5 rings (SSSR count). The van der Waals surface area contributed by atoms with Gasteiger partial charge in [0.2, 0.25) is 5.91 Å². The van der Waals surface area contributed by atoms with Gasteiger partial charge in [-0.25, -0.2) is 0 Å². The van der Waals surface area contributed by atoms with Crippen LogP contribution in [0, 0.1) is 5.41 Å². The maximum atomic E-state index is 12.9. The van der Waals surface area contributed by atoms with Crippen molar-refractivity contribution >= 4 is 5.91 Å². The minimum absolute atomic E-state index is 0.0612. The quantitative estimate of drug-likeness (QED) is 0.567. The maximum Gasteiger partial charge on any atom is 0.276 e. The molecular weight excluding hydrogens is 422 g/mol. The van der Waals surface area contributed by atoms with E-state index >= 15 is 0 Å². The SMILES string of the molecule is COc1cc(CC(=O)N2CC3(CC(c4noc(-c5ccccn5)n4)N(C)C3)C2)cc(OC)c1. The Labute approximate surface area is 192 Å². The van der Waals surface area contributed by atoms with Crippen LogP contribution in [0.3, 0.4) is 0 Å². The number of carbonyl (C=O) groups excluding carboxylic acids is 1. The van der Waals surface area contributed by atoms with E-state index in [9.17, 15) is 4.79 Å². The van der Waals surface area contributed by atoms with Crippen molar-refractivity contribution in [3.05, 3.63) is 54.0 Å². The van der Waals surface area contributed by atoms with E-state index in [2.05, 4.69) is 27.1 Å². The molecule has 33 heavy (non-hydrogen) atoms. The molecule has 2 aliphatic heterocycles. The Hall–Kier alpha value is -3.46. The minimum Gasteiger partial charge on any atom is -0.497 e. The van der Waals surface area contributed by atoms with Gasteiger partial charge in [0.15, 0.2) is 5.82 Å². The highest BCUT2D eigenvalue weighted by Crippen LogP contribution is 2.47. The molecule has 0 saturated carbocycles. The number of hydrogen-bond acceptors (Lipinski definition) is 8. The van der Waals surface area contributed by atoms with Gasteiger partial charge in [-0.05, 0) is 43.3 Å². The number of ether oxygens (including phenoxy) is 2. The lowest BCUT2D eigenvalue weighted by atomic mass is 9.77. The fourth-order valence-electron chi connectivity index (χ4n) is 4.95. The van der Waals surface area contributed by atoms with E-state index in [1.807, 2.05) is 35.2 Å². The Morgan fingerprint density at radius 1 is 1.15 bits per heavy atom. The molecule has 2 aliphatic rings. The molecule has 0 bridgehead atoms. The first-order valence-electron chi connectivity index (χ1n) is 10.9. The standard InChI is InChI=1S/C24H27N5O4/c1-28-13-24(12-20(28)22-26-23(33-27-22)19-6-4-5-7-25-19)14-29(15-24)21(30)10-16-8-17(31-2)11-18(9-16)32-3/h4-9,11,20H,10,12-15H2,1-3H3. The van der Waals surface area contributed by atoms with Crippen molar-refractivity contribution in [3.8, 4) is 23.1 Å². The Bertz CT molecular complexity index is 1120. The first-order chi connectivity index (χ1) is 16.0. The van der Waals surface area contributed by atoms with E-state index in [1.54, 1.807) is 26.5 Å². The summed E-state index contributed by atoms with van der Waals surface area (Å²) >= 11 is 0. The van der Waals surface area contributed by atoms with Crippen molar-refractivity contribution in [2.75, 3.05) is 40.9 Å². The lowest BCUT2D eigenvalue weighted by molar-refractivity contribution is -0.141. The maximum absolute atomic E-state index is 12.9. The molecule has 1 unspecified atom stereocenters. The van der Waals surface area contributed by atoms with Gasteiger partial charge in [0.1, 0.15) is 17.2 Å². The van der Waals surface area contributed by atoms with Crippen LogP contribution in [0.5, 0.6) is 11.5 Å². The molecule has 0 aliphatic carbocycles. The van der Waals surface area contributed by atoms with E-state index in [0.717, 1.165) is 31.6 Å². The van der Waals surface area contributed by atoms with Crippen LogP contribution in [0.4, 0.5) is 0 Å². The number of likely N-dealkylation sites (tertiary alicyclic amines) is 2. The Balaban J connectivity index is 1.22. The number of amides is 1. The molecule has 2 aromatic heterocycles. The monoisotopic (exact) mass is 449 g/mol. The molecule has 9 heteroatoms. The summed E-state index contributed by atoms with van der Waals surface area (Å²) in [6.07, 6.45) is 2.92. The third-order valence-electron chi connectivity index (χ3n) is 6.54. The normalized spacial score (nSPS) is 19.5. The van der Waals surface area contributed by atoms with Crippen LogP contribution in [0.1, 0.15) is 23.9 Å². The average Bonchev–Trinajstić information content (AvgIpc) is 3.43. The van der Waals surface area contributed by atoms with E-state index in [-0.39, 0.29) is 17.4 Å². The summed E-state index contributed by atoms with van der Waals surface area (Å²) in [5, 5.41) is 4.22. The summed E-state index contributed by atoms with van der Waals surface area (Å²) in [7, 11) is 5.29. The number of rotatable bonds is 6. The average molecular weight is 450 g/mol. The van der Waals surface area contributed by atoms with E-state index < -0.39 is 0 Å². The van der Waals surface area contributed by atoms with Gasteiger partial charge in [-0.2, -0.15) is 4.98 Å². The van der Waals surface area contributed by atoms with Gasteiger partial charge >= 0.3 is 0 Å². The topological polar surface area (TPSA) is 93.8 Å². The van der Waals surface area contributed by atoms with Crippen LogP contribution in [-0.4, -0.2) is 71.7 Å². The van der Waals surface area contributed by atoms with Crippen molar-refractivity contribution in [1.29, 1.82) is 0 Å². The zero-order chi connectivity index (χ0) is 23.0. The highest BCUT2D eigenvalue weighted by molar-refractivity contribution is 5.80. The van der Waals surface area contributed by atoms with Gasteiger partial charge in [0.05, 0.1) is 26.7 Å². The zero-order valence-electron chi connectivity index (χ0n) is 19.0.